The van der Waals surface area contributed by atoms with Crippen LogP contribution in [0.5, 0.6) is 0 Å². The first-order valence-electron chi connectivity index (χ1n) is 4.80. The third-order valence-electron chi connectivity index (χ3n) is 2.06. The molecule has 3 N–H and O–H groups in total. The molecule has 0 saturated carbocycles. The third kappa shape index (κ3) is 11.1. The van der Waals surface area contributed by atoms with E-state index in [0.717, 1.165) is 25.7 Å². The molecule has 0 amide bonds. The summed E-state index contributed by atoms with van der Waals surface area (Å²) in [4.78, 5) is 25.8. The van der Waals surface area contributed by atoms with E-state index in [0.29, 0.717) is 5.92 Å². The Kier molecular flexibility index (Phi) is 11.6. The minimum absolute atomic E-state index is 0. The molecule has 0 radical (unpaired) electrons. The van der Waals surface area contributed by atoms with Gasteiger partial charge in [0.15, 0.2) is 0 Å². The van der Waals surface area contributed by atoms with Crippen molar-refractivity contribution in [1.29, 1.82) is 0 Å². The summed E-state index contributed by atoms with van der Waals surface area (Å²) >= 11 is 0. The molecular weight excluding hydrogens is 211 g/mol. The van der Waals surface area contributed by atoms with Crippen LogP contribution >= 0.6 is 0 Å². The number of unbranched alkanes of at least 4 members (excludes halogenated alkanes) is 1. The molecule has 0 rings (SSSR count). The van der Waals surface area contributed by atoms with Gasteiger partial charge in [-0.25, -0.2) is 0 Å². The number of hydrogen-bond acceptors (Lipinski definition) is 4. The van der Waals surface area contributed by atoms with Crippen LogP contribution in [0.3, 0.4) is 0 Å². The molecular formula is C8H21NaO4Si. The second-order valence-corrected chi connectivity index (χ2v) is 4.74. The molecule has 0 spiro atoms. The van der Waals surface area contributed by atoms with E-state index in [-0.39, 0.29) is 36.2 Å². The van der Waals surface area contributed by atoms with Crippen LogP contribution < -0.4 is 0 Å². The van der Waals surface area contributed by atoms with E-state index in [1.54, 1.807) is 0 Å². The van der Waals surface area contributed by atoms with Gasteiger partial charge in [0, 0.05) is 6.61 Å². The average molecular weight is 232 g/mol. The SMILES string of the molecule is CCCCC(CC)CO[Si](O)(O)O.[NaH]. The molecule has 0 heterocycles. The van der Waals surface area contributed by atoms with Gasteiger partial charge < -0.3 is 18.8 Å². The Balaban J connectivity index is 0. The van der Waals surface area contributed by atoms with Crippen LogP contribution in [0.2, 0.25) is 0 Å². The first-order chi connectivity index (χ1) is 5.99. The van der Waals surface area contributed by atoms with Gasteiger partial charge >= 0.3 is 38.6 Å². The van der Waals surface area contributed by atoms with Crippen LogP contribution in [0, 0.1) is 5.92 Å². The molecule has 14 heavy (non-hydrogen) atoms. The van der Waals surface area contributed by atoms with E-state index < -0.39 is 9.05 Å². The van der Waals surface area contributed by atoms with Crippen LogP contribution in [0.1, 0.15) is 39.5 Å². The standard InChI is InChI=1S/C8H20O4Si.Na.H/c1-3-5-6-8(4-2)7-12-13(9,10)11;;/h8-11H,3-7H2,1-2H3;;. The zero-order chi connectivity index (χ0) is 10.3. The van der Waals surface area contributed by atoms with Gasteiger partial charge in [0.2, 0.25) is 0 Å². The van der Waals surface area contributed by atoms with E-state index in [1.165, 1.54) is 0 Å². The summed E-state index contributed by atoms with van der Waals surface area (Å²) in [7, 11) is -4.28. The number of hydrogen-bond donors (Lipinski definition) is 3. The predicted octanol–water partition coefficient (Wildman–Crippen LogP) is -0.0166. The summed E-state index contributed by atoms with van der Waals surface area (Å²) in [5, 5.41) is 0. The quantitative estimate of drug-likeness (QED) is 0.540. The van der Waals surface area contributed by atoms with Crippen molar-refractivity contribution in [3.63, 3.8) is 0 Å². The summed E-state index contributed by atoms with van der Waals surface area (Å²) in [6, 6.07) is 0. The van der Waals surface area contributed by atoms with Crippen LogP contribution in [-0.4, -0.2) is 59.6 Å². The van der Waals surface area contributed by atoms with Gasteiger partial charge in [-0.3, -0.25) is 0 Å². The van der Waals surface area contributed by atoms with Crippen molar-refractivity contribution < 1.29 is 18.8 Å². The third-order valence-corrected chi connectivity index (χ3v) is 2.61. The average Bonchev–Trinajstić information content (AvgIpc) is 2.03. The molecule has 0 aromatic carbocycles. The van der Waals surface area contributed by atoms with Crippen molar-refractivity contribution in [2.45, 2.75) is 39.5 Å². The van der Waals surface area contributed by atoms with Crippen LogP contribution in [-0.2, 0) is 4.43 Å². The Hall–Kier alpha value is 1.06. The molecule has 1 unspecified atom stereocenters. The van der Waals surface area contributed by atoms with Crippen molar-refractivity contribution in [2.24, 2.45) is 5.92 Å². The predicted molar refractivity (Wildman–Crippen MR) is 58.8 cm³/mol. The molecule has 0 fully saturated rings. The van der Waals surface area contributed by atoms with E-state index in [9.17, 15) is 0 Å². The van der Waals surface area contributed by atoms with Gasteiger partial charge in [0.25, 0.3) is 0 Å². The van der Waals surface area contributed by atoms with Crippen molar-refractivity contribution in [1.82, 2.24) is 0 Å². The first-order valence-corrected chi connectivity index (χ1v) is 6.55. The molecule has 0 bridgehead atoms. The van der Waals surface area contributed by atoms with E-state index in [4.69, 9.17) is 14.4 Å². The van der Waals surface area contributed by atoms with Crippen LogP contribution in [0.4, 0.5) is 0 Å². The fourth-order valence-electron chi connectivity index (χ4n) is 1.13. The fraction of sp³-hybridized carbons (Fsp3) is 1.00. The zero-order valence-corrected chi connectivity index (χ0v) is 9.36. The van der Waals surface area contributed by atoms with E-state index >= 15 is 0 Å². The van der Waals surface area contributed by atoms with Gasteiger partial charge in [0.1, 0.15) is 0 Å². The van der Waals surface area contributed by atoms with E-state index in [2.05, 4.69) is 11.3 Å². The topological polar surface area (TPSA) is 69.9 Å². The molecule has 82 valence electrons. The first kappa shape index (κ1) is 17.5. The van der Waals surface area contributed by atoms with Gasteiger partial charge in [-0.2, -0.15) is 0 Å². The monoisotopic (exact) mass is 232 g/mol. The summed E-state index contributed by atoms with van der Waals surface area (Å²) in [5.41, 5.74) is 0. The minimum atomic E-state index is -4.28. The normalized spacial score (nSPS) is 13.5. The molecule has 0 aromatic heterocycles. The molecule has 6 heteroatoms. The second-order valence-electron chi connectivity index (χ2n) is 3.30. The Morgan fingerprint density at radius 3 is 2.14 bits per heavy atom. The van der Waals surface area contributed by atoms with Gasteiger partial charge in [-0.1, -0.05) is 33.1 Å². The Labute approximate surface area is 109 Å². The van der Waals surface area contributed by atoms with Crippen LogP contribution in [0.25, 0.3) is 0 Å². The molecule has 0 aromatic rings. The van der Waals surface area contributed by atoms with Crippen LogP contribution in [0.15, 0.2) is 0 Å². The molecule has 4 nitrogen and oxygen atoms in total. The van der Waals surface area contributed by atoms with Crippen molar-refractivity contribution in [2.75, 3.05) is 6.61 Å². The Morgan fingerprint density at radius 1 is 1.21 bits per heavy atom. The molecule has 0 aliphatic heterocycles. The van der Waals surface area contributed by atoms with Gasteiger partial charge in [-0.15, -0.1) is 0 Å². The maximum absolute atomic E-state index is 8.62. The van der Waals surface area contributed by atoms with E-state index in [1.807, 2.05) is 6.92 Å². The molecule has 0 aliphatic carbocycles. The van der Waals surface area contributed by atoms with Crippen molar-refractivity contribution in [3.8, 4) is 0 Å². The fourth-order valence-corrected chi connectivity index (χ4v) is 1.59. The second kappa shape index (κ2) is 9.29. The Bertz CT molecular complexity index is 129. The molecule has 0 aliphatic rings. The Morgan fingerprint density at radius 2 is 1.79 bits per heavy atom. The maximum atomic E-state index is 8.62. The number of rotatable bonds is 7. The summed E-state index contributed by atoms with van der Waals surface area (Å²) in [5.74, 6) is 0.318. The van der Waals surface area contributed by atoms with Crippen molar-refractivity contribution in [3.05, 3.63) is 0 Å². The van der Waals surface area contributed by atoms with Gasteiger partial charge in [-0.05, 0) is 12.3 Å². The summed E-state index contributed by atoms with van der Waals surface area (Å²) in [6.07, 6.45) is 4.18. The zero-order valence-electron chi connectivity index (χ0n) is 8.36. The van der Waals surface area contributed by atoms with Gasteiger partial charge in [0.05, 0.1) is 0 Å². The summed E-state index contributed by atoms with van der Waals surface area (Å²) < 4.78 is 4.58. The molecule has 1 atom stereocenters. The van der Waals surface area contributed by atoms with Crippen molar-refractivity contribution >= 4 is 38.6 Å². The molecule has 0 saturated heterocycles. The summed E-state index contributed by atoms with van der Waals surface area (Å²) in [6.45, 7) is 4.38.